The van der Waals surface area contributed by atoms with Gasteiger partial charge in [0.05, 0.1) is 17.5 Å². The molecule has 1 aliphatic rings. The number of primary amides is 1. The van der Waals surface area contributed by atoms with E-state index in [1.54, 1.807) is 4.90 Å². The van der Waals surface area contributed by atoms with Gasteiger partial charge in [0.25, 0.3) is 0 Å². The second-order valence-electron chi connectivity index (χ2n) is 5.35. The molecule has 1 fully saturated rings. The molecule has 1 saturated heterocycles. The molecule has 0 aliphatic carbocycles. The number of nitrogens with one attached hydrogen (secondary N) is 1. The minimum Gasteiger partial charge on any atom is -0.376 e. The highest BCUT2D eigenvalue weighted by Crippen LogP contribution is 2.27. The number of amides is 3. The Balaban J connectivity index is 1.98. The Hall–Kier alpha value is -1.73. The van der Waals surface area contributed by atoms with Crippen LogP contribution in [0.4, 0.5) is 10.5 Å². The fraction of sp³-hybridized carbons (Fsp3) is 0.500. The first-order valence-corrected chi connectivity index (χ1v) is 8.76. The maximum absolute atomic E-state index is 12.5. The van der Waals surface area contributed by atoms with E-state index in [1.807, 2.05) is 31.2 Å². The number of para-hydroxylation sites is 1. The van der Waals surface area contributed by atoms with E-state index in [0.29, 0.717) is 18.8 Å². The van der Waals surface area contributed by atoms with Crippen molar-refractivity contribution in [1.29, 1.82) is 0 Å². The number of anilines is 1. The molecule has 3 N–H and O–H groups in total. The second-order valence-corrected chi connectivity index (χ2v) is 6.37. The lowest BCUT2D eigenvalue weighted by Gasteiger charge is -2.24. The smallest absolute Gasteiger partial charge is 0.321 e. The summed E-state index contributed by atoms with van der Waals surface area (Å²) in [7, 11) is 0. The van der Waals surface area contributed by atoms with E-state index >= 15 is 0 Å². The summed E-state index contributed by atoms with van der Waals surface area (Å²) in [5, 5.41) is 2.92. The summed E-state index contributed by atoms with van der Waals surface area (Å²) in [5.41, 5.74) is 5.87. The largest absolute Gasteiger partial charge is 0.376 e. The number of nitrogens with two attached hydrogens (primary N) is 1. The van der Waals surface area contributed by atoms with Crippen molar-refractivity contribution in [3.05, 3.63) is 24.3 Å². The highest BCUT2D eigenvalue weighted by atomic mass is 32.2. The van der Waals surface area contributed by atoms with E-state index in [4.69, 9.17) is 10.5 Å². The molecule has 2 rings (SSSR count). The SMILES string of the molecule is CCN(C[C@@H]1CCCO1)C(=O)Nc1ccccc1SCC(N)=O. The molecule has 3 amide bonds. The third-order valence-corrected chi connectivity index (χ3v) is 4.71. The van der Waals surface area contributed by atoms with Crippen molar-refractivity contribution in [2.75, 3.05) is 30.8 Å². The van der Waals surface area contributed by atoms with Crippen LogP contribution in [0.5, 0.6) is 0 Å². The first-order chi connectivity index (χ1) is 11.1. The quantitative estimate of drug-likeness (QED) is 0.748. The molecular weight excluding hydrogens is 314 g/mol. The Labute approximate surface area is 140 Å². The molecule has 1 aromatic rings. The fourth-order valence-corrected chi connectivity index (χ4v) is 3.18. The topological polar surface area (TPSA) is 84.7 Å². The third-order valence-electron chi connectivity index (χ3n) is 3.62. The van der Waals surface area contributed by atoms with E-state index in [1.165, 1.54) is 11.8 Å². The number of thioether (sulfide) groups is 1. The Morgan fingerprint density at radius 2 is 2.22 bits per heavy atom. The van der Waals surface area contributed by atoms with Crippen molar-refractivity contribution in [3.8, 4) is 0 Å². The molecule has 126 valence electrons. The molecule has 1 heterocycles. The van der Waals surface area contributed by atoms with Gasteiger partial charge in [-0.3, -0.25) is 4.79 Å². The molecule has 1 aliphatic heterocycles. The van der Waals surface area contributed by atoms with Crippen LogP contribution in [0.25, 0.3) is 0 Å². The van der Waals surface area contributed by atoms with Crippen molar-refractivity contribution in [2.45, 2.75) is 30.8 Å². The normalized spacial score (nSPS) is 17.0. The summed E-state index contributed by atoms with van der Waals surface area (Å²) in [4.78, 5) is 26.0. The second kappa shape index (κ2) is 8.79. The zero-order valence-corrected chi connectivity index (χ0v) is 14.1. The van der Waals surface area contributed by atoms with Crippen LogP contribution in [0.15, 0.2) is 29.2 Å². The average molecular weight is 337 g/mol. The number of benzene rings is 1. The van der Waals surface area contributed by atoms with Gasteiger partial charge in [0.1, 0.15) is 0 Å². The van der Waals surface area contributed by atoms with E-state index in [9.17, 15) is 9.59 Å². The summed E-state index contributed by atoms with van der Waals surface area (Å²) in [6.45, 7) is 3.93. The lowest BCUT2D eigenvalue weighted by Crippen LogP contribution is -2.40. The molecular formula is C16H23N3O3S. The molecule has 0 bridgehead atoms. The Bertz CT molecular complexity index is 547. The van der Waals surface area contributed by atoms with Gasteiger partial charge in [-0.05, 0) is 31.9 Å². The third kappa shape index (κ3) is 5.44. The van der Waals surface area contributed by atoms with Crippen molar-refractivity contribution in [1.82, 2.24) is 4.90 Å². The van der Waals surface area contributed by atoms with Gasteiger partial charge in [0, 0.05) is 24.6 Å². The molecule has 0 aromatic heterocycles. The predicted octanol–water partition coefficient (Wildman–Crippen LogP) is 2.30. The van der Waals surface area contributed by atoms with E-state index in [0.717, 1.165) is 24.3 Å². The Morgan fingerprint density at radius 1 is 1.43 bits per heavy atom. The molecule has 6 nitrogen and oxygen atoms in total. The lowest BCUT2D eigenvalue weighted by molar-refractivity contribution is -0.115. The van der Waals surface area contributed by atoms with Gasteiger partial charge in [-0.25, -0.2) is 4.79 Å². The number of carbonyl (C=O) groups excluding carboxylic acids is 2. The monoisotopic (exact) mass is 337 g/mol. The van der Waals surface area contributed by atoms with Crippen LogP contribution >= 0.6 is 11.8 Å². The number of likely N-dealkylation sites (N-methyl/N-ethyl adjacent to an activating group) is 1. The zero-order valence-electron chi connectivity index (χ0n) is 13.3. The predicted molar refractivity (Wildman–Crippen MR) is 91.6 cm³/mol. The van der Waals surface area contributed by atoms with Gasteiger partial charge >= 0.3 is 6.03 Å². The number of rotatable bonds is 7. The van der Waals surface area contributed by atoms with E-state index in [-0.39, 0.29) is 23.8 Å². The Kier molecular flexibility index (Phi) is 6.73. The van der Waals surface area contributed by atoms with Crippen molar-refractivity contribution in [2.24, 2.45) is 5.73 Å². The maximum Gasteiger partial charge on any atom is 0.321 e. The number of nitrogens with zero attached hydrogens (tertiary/aromatic N) is 1. The number of hydrogen-bond acceptors (Lipinski definition) is 4. The summed E-state index contributed by atoms with van der Waals surface area (Å²) >= 11 is 1.32. The molecule has 0 radical (unpaired) electrons. The van der Waals surface area contributed by atoms with Gasteiger partial charge < -0.3 is 20.7 Å². The highest BCUT2D eigenvalue weighted by Gasteiger charge is 2.22. The summed E-state index contributed by atoms with van der Waals surface area (Å²) < 4.78 is 5.60. The van der Waals surface area contributed by atoms with Crippen LogP contribution < -0.4 is 11.1 Å². The van der Waals surface area contributed by atoms with Crippen LogP contribution in [0.3, 0.4) is 0 Å². The number of ether oxygens (including phenoxy) is 1. The summed E-state index contributed by atoms with van der Waals surface area (Å²) in [6, 6.07) is 7.24. The first kappa shape index (κ1) is 17.6. The van der Waals surface area contributed by atoms with Crippen LogP contribution in [0, 0.1) is 0 Å². The molecule has 0 saturated carbocycles. The Morgan fingerprint density at radius 3 is 2.87 bits per heavy atom. The minimum atomic E-state index is -0.385. The van der Waals surface area contributed by atoms with Crippen LogP contribution in [-0.4, -0.2) is 48.4 Å². The van der Waals surface area contributed by atoms with E-state index < -0.39 is 0 Å². The first-order valence-electron chi connectivity index (χ1n) is 7.77. The van der Waals surface area contributed by atoms with Crippen molar-refractivity contribution in [3.63, 3.8) is 0 Å². The molecule has 1 aromatic carbocycles. The number of urea groups is 1. The van der Waals surface area contributed by atoms with Crippen LogP contribution in [-0.2, 0) is 9.53 Å². The minimum absolute atomic E-state index is 0.125. The zero-order chi connectivity index (χ0) is 16.7. The van der Waals surface area contributed by atoms with Crippen LogP contribution in [0.1, 0.15) is 19.8 Å². The molecule has 23 heavy (non-hydrogen) atoms. The standard InChI is InChI=1S/C16H23N3O3S/c1-2-19(10-12-6-5-9-22-12)16(21)18-13-7-3-4-8-14(13)23-11-15(17)20/h3-4,7-8,12H,2,5-6,9-11H2,1H3,(H2,17,20)(H,18,21)/t12-/m0/s1. The van der Waals surface area contributed by atoms with Gasteiger partial charge in [0.2, 0.25) is 5.91 Å². The number of carbonyl (C=O) groups is 2. The van der Waals surface area contributed by atoms with Gasteiger partial charge in [0.15, 0.2) is 0 Å². The van der Waals surface area contributed by atoms with Gasteiger partial charge in [-0.15, -0.1) is 11.8 Å². The van der Waals surface area contributed by atoms with Crippen LogP contribution in [0.2, 0.25) is 0 Å². The van der Waals surface area contributed by atoms with Crippen molar-refractivity contribution < 1.29 is 14.3 Å². The molecule has 0 unspecified atom stereocenters. The molecule has 0 spiro atoms. The fourth-order valence-electron chi connectivity index (χ4n) is 2.43. The summed E-state index contributed by atoms with van der Waals surface area (Å²) in [6.07, 6.45) is 2.17. The highest BCUT2D eigenvalue weighted by molar-refractivity contribution is 8.00. The lowest BCUT2D eigenvalue weighted by atomic mass is 10.2. The summed E-state index contributed by atoms with van der Waals surface area (Å²) in [5.74, 6) is -0.204. The van der Waals surface area contributed by atoms with E-state index in [2.05, 4.69) is 5.32 Å². The van der Waals surface area contributed by atoms with Gasteiger partial charge in [-0.1, -0.05) is 12.1 Å². The van der Waals surface area contributed by atoms with Gasteiger partial charge in [-0.2, -0.15) is 0 Å². The molecule has 7 heteroatoms. The van der Waals surface area contributed by atoms with Crippen molar-refractivity contribution >= 4 is 29.4 Å². The molecule has 1 atom stereocenters. The maximum atomic E-state index is 12.5. The average Bonchev–Trinajstić information content (AvgIpc) is 3.04. The number of hydrogen-bond donors (Lipinski definition) is 2.